The second-order valence-electron chi connectivity index (χ2n) is 6.79. The number of nitrogens with one attached hydrogen (secondary N) is 1. The summed E-state index contributed by atoms with van der Waals surface area (Å²) in [6.07, 6.45) is 3.60. The van der Waals surface area contributed by atoms with Crippen molar-refractivity contribution < 1.29 is 23.1 Å². The van der Waals surface area contributed by atoms with Gasteiger partial charge in [-0.2, -0.15) is 5.10 Å². The molecule has 3 rings (SSSR count). The molecule has 0 bridgehead atoms. The van der Waals surface area contributed by atoms with E-state index in [2.05, 4.69) is 9.82 Å². The predicted molar refractivity (Wildman–Crippen MR) is 94.6 cm³/mol. The van der Waals surface area contributed by atoms with Crippen LogP contribution in [0.3, 0.4) is 0 Å². The van der Waals surface area contributed by atoms with Gasteiger partial charge in [0.15, 0.2) is 0 Å². The average Bonchev–Trinajstić information content (AvgIpc) is 3.26. The number of nitrogens with zero attached hydrogens (tertiary/aromatic N) is 2. The summed E-state index contributed by atoms with van der Waals surface area (Å²) in [5.74, 6) is -0.950. The van der Waals surface area contributed by atoms with Crippen LogP contribution in [0.1, 0.15) is 31.9 Å². The topological polar surface area (TPSA) is 111 Å². The van der Waals surface area contributed by atoms with Crippen molar-refractivity contribution in [1.82, 2.24) is 9.78 Å². The van der Waals surface area contributed by atoms with Crippen molar-refractivity contribution in [2.24, 2.45) is 0 Å². The quantitative estimate of drug-likeness (QED) is 0.794. The highest BCUT2D eigenvalue weighted by Crippen LogP contribution is 2.26. The number of aliphatic carboxylic acids is 1. The smallest absolute Gasteiger partial charge is 0.313 e. The first kappa shape index (κ1) is 18.4. The molecule has 0 radical (unpaired) electrons. The SMILES string of the molecule is CC(C)(C(=O)O)c1ccc(NS(=O)(=O)c2cnn(C3CCOC3)c2)cc1. The summed E-state index contributed by atoms with van der Waals surface area (Å²) in [5, 5.41) is 13.4. The van der Waals surface area contributed by atoms with E-state index >= 15 is 0 Å². The molecule has 140 valence electrons. The van der Waals surface area contributed by atoms with Crippen molar-refractivity contribution in [2.45, 2.75) is 36.6 Å². The summed E-state index contributed by atoms with van der Waals surface area (Å²) >= 11 is 0. The van der Waals surface area contributed by atoms with Gasteiger partial charge in [-0.3, -0.25) is 14.2 Å². The number of ether oxygens (including phenoxy) is 1. The molecule has 1 aliphatic heterocycles. The van der Waals surface area contributed by atoms with Gasteiger partial charge in [-0.15, -0.1) is 0 Å². The lowest BCUT2D eigenvalue weighted by Crippen LogP contribution is -2.28. The summed E-state index contributed by atoms with van der Waals surface area (Å²) in [4.78, 5) is 11.4. The fourth-order valence-corrected chi connectivity index (χ4v) is 3.68. The van der Waals surface area contributed by atoms with E-state index in [0.29, 0.717) is 24.5 Å². The van der Waals surface area contributed by atoms with Crippen LogP contribution in [-0.4, -0.2) is 42.5 Å². The van der Waals surface area contributed by atoms with Crippen molar-refractivity contribution in [3.63, 3.8) is 0 Å². The number of carboxylic acid groups (broad SMARTS) is 1. The van der Waals surface area contributed by atoms with Crippen molar-refractivity contribution in [3.05, 3.63) is 42.2 Å². The van der Waals surface area contributed by atoms with Crippen LogP contribution < -0.4 is 4.72 Å². The van der Waals surface area contributed by atoms with Gasteiger partial charge in [0, 0.05) is 18.5 Å². The number of rotatable bonds is 6. The Morgan fingerprint density at radius 2 is 2.04 bits per heavy atom. The summed E-state index contributed by atoms with van der Waals surface area (Å²) in [5.41, 5.74) is -0.115. The number of benzene rings is 1. The Labute approximate surface area is 151 Å². The van der Waals surface area contributed by atoms with Gasteiger partial charge in [-0.1, -0.05) is 12.1 Å². The maximum atomic E-state index is 12.5. The number of hydrogen-bond donors (Lipinski definition) is 2. The first-order valence-corrected chi connectivity index (χ1v) is 9.67. The van der Waals surface area contributed by atoms with Gasteiger partial charge in [0.05, 0.1) is 24.3 Å². The third kappa shape index (κ3) is 3.58. The van der Waals surface area contributed by atoms with E-state index in [0.717, 1.165) is 6.42 Å². The Kier molecular flexibility index (Phi) is 4.76. The molecule has 0 aliphatic carbocycles. The van der Waals surface area contributed by atoms with E-state index in [1.807, 2.05) is 0 Å². The van der Waals surface area contributed by atoms with E-state index < -0.39 is 21.4 Å². The highest BCUT2D eigenvalue weighted by molar-refractivity contribution is 7.92. The summed E-state index contributed by atoms with van der Waals surface area (Å²) < 4.78 is 34.4. The van der Waals surface area contributed by atoms with Gasteiger partial charge in [-0.25, -0.2) is 8.42 Å². The molecule has 0 amide bonds. The molecule has 8 nitrogen and oxygen atoms in total. The second-order valence-corrected chi connectivity index (χ2v) is 8.47. The predicted octanol–water partition coefficient (Wildman–Crippen LogP) is 2.01. The molecule has 1 fully saturated rings. The van der Waals surface area contributed by atoms with Crippen LogP contribution in [0.25, 0.3) is 0 Å². The van der Waals surface area contributed by atoms with Gasteiger partial charge in [0.1, 0.15) is 4.90 Å². The monoisotopic (exact) mass is 379 g/mol. The van der Waals surface area contributed by atoms with Gasteiger partial charge < -0.3 is 9.84 Å². The van der Waals surface area contributed by atoms with E-state index in [4.69, 9.17) is 4.74 Å². The molecule has 1 saturated heterocycles. The Morgan fingerprint density at radius 3 is 2.62 bits per heavy atom. The Balaban J connectivity index is 1.76. The standard InChI is InChI=1S/C17H21N3O5S/c1-17(2,16(21)22)12-3-5-13(6-4-12)19-26(23,24)15-9-18-20(10-15)14-7-8-25-11-14/h3-6,9-10,14,19H,7-8,11H2,1-2H3,(H,21,22). The molecule has 1 atom stereocenters. The van der Waals surface area contributed by atoms with Crippen molar-refractivity contribution in [2.75, 3.05) is 17.9 Å². The van der Waals surface area contributed by atoms with Gasteiger partial charge in [0.25, 0.3) is 10.0 Å². The Morgan fingerprint density at radius 1 is 1.35 bits per heavy atom. The molecule has 1 aliphatic rings. The molecular formula is C17H21N3O5S. The zero-order chi connectivity index (χ0) is 18.9. The zero-order valence-electron chi connectivity index (χ0n) is 14.5. The molecule has 2 N–H and O–H groups in total. The lowest BCUT2D eigenvalue weighted by Gasteiger charge is -2.20. The number of carboxylic acids is 1. The number of sulfonamides is 1. The summed E-state index contributed by atoms with van der Waals surface area (Å²) in [6, 6.07) is 6.35. The van der Waals surface area contributed by atoms with Crippen molar-refractivity contribution in [1.29, 1.82) is 0 Å². The largest absolute Gasteiger partial charge is 0.481 e. The molecule has 1 aromatic carbocycles. The van der Waals surface area contributed by atoms with Crippen molar-refractivity contribution >= 4 is 21.7 Å². The number of carbonyl (C=O) groups is 1. The van der Waals surface area contributed by atoms with E-state index in [1.54, 1.807) is 42.8 Å². The maximum absolute atomic E-state index is 12.5. The molecule has 1 unspecified atom stereocenters. The molecule has 0 spiro atoms. The van der Waals surface area contributed by atoms with Gasteiger partial charge in [0.2, 0.25) is 0 Å². The highest BCUT2D eigenvalue weighted by Gasteiger charge is 2.29. The first-order chi connectivity index (χ1) is 12.2. The summed E-state index contributed by atoms with van der Waals surface area (Å²) in [6.45, 7) is 4.35. The lowest BCUT2D eigenvalue weighted by atomic mass is 9.85. The molecule has 1 aromatic heterocycles. The van der Waals surface area contributed by atoms with Crippen LogP contribution in [0.15, 0.2) is 41.6 Å². The molecular weight excluding hydrogens is 358 g/mol. The van der Waals surface area contributed by atoms with Crippen LogP contribution in [0, 0.1) is 0 Å². The van der Waals surface area contributed by atoms with Gasteiger partial charge in [-0.05, 0) is 38.0 Å². The third-order valence-electron chi connectivity index (χ3n) is 4.56. The third-order valence-corrected chi connectivity index (χ3v) is 5.90. The van der Waals surface area contributed by atoms with E-state index in [-0.39, 0.29) is 10.9 Å². The number of anilines is 1. The minimum absolute atomic E-state index is 0.0523. The van der Waals surface area contributed by atoms with E-state index in [1.165, 1.54) is 12.4 Å². The average molecular weight is 379 g/mol. The zero-order valence-corrected chi connectivity index (χ0v) is 15.4. The number of hydrogen-bond acceptors (Lipinski definition) is 5. The Hall–Kier alpha value is -2.39. The maximum Gasteiger partial charge on any atom is 0.313 e. The fraction of sp³-hybridized carbons (Fsp3) is 0.412. The minimum Gasteiger partial charge on any atom is -0.481 e. The Bertz CT molecular complexity index is 897. The number of aromatic nitrogens is 2. The lowest BCUT2D eigenvalue weighted by molar-refractivity contribution is -0.142. The van der Waals surface area contributed by atoms with Crippen LogP contribution in [0.4, 0.5) is 5.69 Å². The molecule has 2 aromatic rings. The highest BCUT2D eigenvalue weighted by atomic mass is 32.2. The fourth-order valence-electron chi connectivity index (χ4n) is 2.68. The molecule has 2 heterocycles. The van der Waals surface area contributed by atoms with Crippen molar-refractivity contribution in [3.8, 4) is 0 Å². The van der Waals surface area contributed by atoms with Crippen LogP contribution >= 0.6 is 0 Å². The molecule has 26 heavy (non-hydrogen) atoms. The molecule has 9 heteroatoms. The van der Waals surface area contributed by atoms with Gasteiger partial charge >= 0.3 is 5.97 Å². The normalized spacial score (nSPS) is 18.0. The van der Waals surface area contributed by atoms with E-state index in [9.17, 15) is 18.3 Å². The summed E-state index contributed by atoms with van der Waals surface area (Å²) in [7, 11) is -3.78. The van der Waals surface area contributed by atoms with Crippen LogP contribution in [0.5, 0.6) is 0 Å². The molecule has 0 saturated carbocycles. The van der Waals surface area contributed by atoms with Crippen LogP contribution in [0.2, 0.25) is 0 Å². The second kappa shape index (κ2) is 6.73. The first-order valence-electron chi connectivity index (χ1n) is 8.19. The minimum atomic E-state index is -3.78. The van der Waals surface area contributed by atoms with Crippen LogP contribution in [-0.2, 0) is 25.0 Å².